The minimum atomic E-state index is 0.942. The van der Waals surface area contributed by atoms with Crippen molar-refractivity contribution >= 4 is 0 Å². The summed E-state index contributed by atoms with van der Waals surface area (Å²) >= 11 is 0. The minimum absolute atomic E-state index is 0.942. The average molecular weight is 165 g/mol. The second-order valence-electron chi connectivity index (χ2n) is 2.96. The molecule has 0 spiro atoms. The molecule has 0 aliphatic rings. The van der Waals surface area contributed by atoms with Crippen molar-refractivity contribution < 1.29 is 4.84 Å². The van der Waals surface area contributed by atoms with E-state index in [1.54, 1.807) is 7.05 Å². The molecule has 0 radical (unpaired) electrons. The van der Waals surface area contributed by atoms with Crippen LogP contribution in [0.2, 0.25) is 0 Å². The Labute approximate surface area is 73.5 Å². The molecule has 1 N–H and O–H groups in total. The van der Waals surface area contributed by atoms with Crippen molar-refractivity contribution in [2.24, 2.45) is 0 Å². The summed E-state index contributed by atoms with van der Waals surface area (Å²) in [5.41, 5.74) is 6.31. The lowest BCUT2D eigenvalue weighted by atomic mass is 10.1. The van der Waals surface area contributed by atoms with Gasteiger partial charge in [0, 0.05) is 7.05 Å². The highest BCUT2D eigenvalue weighted by Gasteiger charge is 2.04. The Morgan fingerprint density at radius 2 is 1.67 bits per heavy atom. The molecule has 12 heavy (non-hydrogen) atoms. The van der Waals surface area contributed by atoms with Gasteiger partial charge in [-0.15, -0.1) is 0 Å². The molecular formula is C10H15NO. The van der Waals surface area contributed by atoms with Gasteiger partial charge in [-0.25, -0.2) is 0 Å². The molecule has 0 saturated carbocycles. The van der Waals surface area contributed by atoms with Gasteiger partial charge in [0.25, 0.3) is 0 Å². The van der Waals surface area contributed by atoms with Crippen molar-refractivity contribution in [1.29, 1.82) is 0 Å². The normalized spacial score (nSPS) is 10.0. The van der Waals surface area contributed by atoms with Gasteiger partial charge in [0.05, 0.1) is 0 Å². The second-order valence-corrected chi connectivity index (χ2v) is 2.96. The maximum absolute atomic E-state index is 5.30. The van der Waals surface area contributed by atoms with Crippen LogP contribution in [0.3, 0.4) is 0 Å². The van der Waals surface area contributed by atoms with Crippen molar-refractivity contribution in [3.63, 3.8) is 0 Å². The first-order valence-corrected chi connectivity index (χ1v) is 4.07. The van der Waals surface area contributed by atoms with Crippen LogP contribution in [0.5, 0.6) is 5.75 Å². The van der Waals surface area contributed by atoms with E-state index in [1.165, 1.54) is 11.1 Å². The molecule has 1 rings (SSSR count). The second kappa shape index (κ2) is 3.59. The van der Waals surface area contributed by atoms with E-state index >= 15 is 0 Å². The highest BCUT2D eigenvalue weighted by atomic mass is 16.6. The van der Waals surface area contributed by atoms with Gasteiger partial charge < -0.3 is 4.84 Å². The standard InChI is InChI=1S/C10H15NO/c1-7-5-6-8(2)10(9(7)3)12-11-4/h5-6,11H,1-4H3. The average Bonchev–Trinajstić information content (AvgIpc) is 2.06. The summed E-state index contributed by atoms with van der Waals surface area (Å²) in [7, 11) is 1.77. The molecule has 0 fully saturated rings. The number of hydroxylamine groups is 1. The zero-order chi connectivity index (χ0) is 9.14. The van der Waals surface area contributed by atoms with E-state index in [9.17, 15) is 0 Å². The Balaban J connectivity index is 3.14. The van der Waals surface area contributed by atoms with Crippen molar-refractivity contribution in [1.82, 2.24) is 5.48 Å². The van der Waals surface area contributed by atoms with Crippen molar-refractivity contribution in [2.75, 3.05) is 7.05 Å². The Bertz CT molecular complexity index is 281. The first kappa shape index (κ1) is 9.07. The predicted octanol–water partition coefficient (Wildman–Crippen LogP) is 2.13. The monoisotopic (exact) mass is 165 g/mol. The molecule has 0 bridgehead atoms. The van der Waals surface area contributed by atoms with E-state index in [0.717, 1.165) is 11.3 Å². The Kier molecular flexibility index (Phi) is 2.71. The fourth-order valence-electron chi connectivity index (χ4n) is 1.18. The molecule has 66 valence electrons. The minimum Gasteiger partial charge on any atom is -0.408 e. The highest BCUT2D eigenvalue weighted by Crippen LogP contribution is 2.24. The lowest BCUT2D eigenvalue weighted by Gasteiger charge is -2.11. The summed E-state index contributed by atoms with van der Waals surface area (Å²) in [6.07, 6.45) is 0. The molecule has 1 aromatic carbocycles. The zero-order valence-corrected chi connectivity index (χ0v) is 8.06. The van der Waals surface area contributed by atoms with Crippen molar-refractivity contribution in [3.05, 3.63) is 28.8 Å². The quantitative estimate of drug-likeness (QED) is 0.678. The molecule has 0 heterocycles. The fraction of sp³-hybridized carbons (Fsp3) is 0.400. The molecule has 0 unspecified atom stereocenters. The zero-order valence-electron chi connectivity index (χ0n) is 8.06. The SMILES string of the molecule is CNOc1c(C)ccc(C)c1C. The number of rotatable bonds is 2. The summed E-state index contributed by atoms with van der Waals surface area (Å²) < 4.78 is 0. The number of hydrogen-bond donors (Lipinski definition) is 1. The number of benzene rings is 1. The van der Waals surface area contributed by atoms with Gasteiger partial charge in [-0.1, -0.05) is 12.1 Å². The summed E-state index contributed by atoms with van der Waals surface area (Å²) in [4.78, 5) is 5.30. The van der Waals surface area contributed by atoms with Crippen LogP contribution in [0.15, 0.2) is 12.1 Å². The van der Waals surface area contributed by atoms with Crippen LogP contribution in [0.1, 0.15) is 16.7 Å². The van der Waals surface area contributed by atoms with Crippen molar-refractivity contribution in [3.8, 4) is 5.75 Å². The molecule has 0 amide bonds. The summed E-state index contributed by atoms with van der Waals surface area (Å²) in [5, 5.41) is 0. The predicted molar refractivity (Wildman–Crippen MR) is 50.3 cm³/mol. The lowest BCUT2D eigenvalue weighted by Crippen LogP contribution is -2.13. The topological polar surface area (TPSA) is 21.3 Å². The van der Waals surface area contributed by atoms with Crippen LogP contribution in [-0.2, 0) is 0 Å². The third kappa shape index (κ3) is 1.59. The lowest BCUT2D eigenvalue weighted by molar-refractivity contribution is 0.220. The molecule has 0 aromatic heterocycles. The summed E-state index contributed by atoms with van der Waals surface area (Å²) in [6, 6.07) is 4.17. The molecule has 0 aliphatic carbocycles. The maximum Gasteiger partial charge on any atom is 0.153 e. The largest absolute Gasteiger partial charge is 0.408 e. The highest BCUT2D eigenvalue weighted by molar-refractivity contribution is 5.44. The number of aryl methyl sites for hydroxylation is 2. The molecule has 1 aromatic rings. The van der Waals surface area contributed by atoms with E-state index in [1.807, 2.05) is 6.92 Å². The van der Waals surface area contributed by atoms with E-state index < -0.39 is 0 Å². The molecular weight excluding hydrogens is 150 g/mol. The Hall–Kier alpha value is -1.02. The maximum atomic E-state index is 5.30. The van der Waals surface area contributed by atoms with Crippen molar-refractivity contribution in [2.45, 2.75) is 20.8 Å². The van der Waals surface area contributed by atoms with E-state index in [0.29, 0.717) is 0 Å². The van der Waals surface area contributed by atoms with E-state index in [2.05, 4.69) is 31.5 Å². The van der Waals surface area contributed by atoms with Crippen LogP contribution < -0.4 is 10.3 Å². The van der Waals surface area contributed by atoms with Crippen LogP contribution in [0.4, 0.5) is 0 Å². The third-order valence-electron chi connectivity index (χ3n) is 2.08. The first-order valence-electron chi connectivity index (χ1n) is 4.07. The van der Waals surface area contributed by atoms with Gasteiger partial charge in [-0.3, -0.25) is 0 Å². The van der Waals surface area contributed by atoms with Crippen LogP contribution in [-0.4, -0.2) is 7.05 Å². The smallest absolute Gasteiger partial charge is 0.153 e. The van der Waals surface area contributed by atoms with Gasteiger partial charge in [-0.2, -0.15) is 5.48 Å². The fourth-order valence-corrected chi connectivity index (χ4v) is 1.18. The first-order chi connectivity index (χ1) is 5.66. The van der Waals surface area contributed by atoms with Gasteiger partial charge in [-0.05, 0) is 37.5 Å². The Morgan fingerprint density at radius 1 is 1.08 bits per heavy atom. The number of hydrogen-bond acceptors (Lipinski definition) is 2. The van der Waals surface area contributed by atoms with E-state index in [4.69, 9.17) is 4.84 Å². The molecule has 0 atom stereocenters. The van der Waals surface area contributed by atoms with Crippen LogP contribution in [0.25, 0.3) is 0 Å². The van der Waals surface area contributed by atoms with Gasteiger partial charge >= 0.3 is 0 Å². The van der Waals surface area contributed by atoms with Crippen LogP contribution >= 0.6 is 0 Å². The molecule has 0 aliphatic heterocycles. The summed E-state index contributed by atoms with van der Waals surface area (Å²) in [6.45, 7) is 6.19. The van der Waals surface area contributed by atoms with Crippen LogP contribution in [0, 0.1) is 20.8 Å². The molecule has 0 saturated heterocycles. The van der Waals surface area contributed by atoms with Gasteiger partial charge in [0.1, 0.15) is 0 Å². The Morgan fingerprint density at radius 3 is 2.25 bits per heavy atom. The molecule has 2 nitrogen and oxygen atoms in total. The molecule has 2 heteroatoms. The third-order valence-corrected chi connectivity index (χ3v) is 2.08. The van der Waals surface area contributed by atoms with Gasteiger partial charge in [0.15, 0.2) is 5.75 Å². The van der Waals surface area contributed by atoms with Gasteiger partial charge in [0.2, 0.25) is 0 Å². The summed E-state index contributed by atoms with van der Waals surface area (Å²) in [5.74, 6) is 0.942. The number of nitrogens with one attached hydrogen (secondary N) is 1. The van der Waals surface area contributed by atoms with E-state index in [-0.39, 0.29) is 0 Å².